The Bertz CT molecular complexity index is 420. The van der Waals surface area contributed by atoms with Crippen molar-refractivity contribution >= 4 is 21.6 Å². The van der Waals surface area contributed by atoms with Crippen LogP contribution in [-0.4, -0.2) is 4.75 Å². The summed E-state index contributed by atoms with van der Waals surface area (Å²) in [5.74, 6) is 0. The molecule has 0 aliphatic rings. The lowest BCUT2D eigenvalue weighted by Gasteiger charge is -2.40. The Morgan fingerprint density at radius 1 is 0.789 bits per heavy atom. The van der Waals surface area contributed by atoms with Crippen LogP contribution in [0.2, 0.25) is 0 Å². The van der Waals surface area contributed by atoms with Crippen LogP contribution < -0.4 is 0 Å². The first kappa shape index (κ1) is 17.0. The second-order valence-corrected chi connectivity index (χ2v) is 10.6. The molecule has 0 saturated heterocycles. The summed E-state index contributed by atoms with van der Waals surface area (Å²) >= 11 is 0. The molecule has 0 aromatic heterocycles. The molecule has 1 aromatic rings. The summed E-state index contributed by atoms with van der Waals surface area (Å²) in [5, 5.41) is 0. The predicted molar refractivity (Wildman–Crippen MR) is 92.1 cm³/mol. The molecule has 0 unspecified atom stereocenters. The number of rotatable bonds is 3. The van der Waals surface area contributed by atoms with Crippen LogP contribution in [0.4, 0.5) is 0 Å². The van der Waals surface area contributed by atoms with Crippen molar-refractivity contribution in [3.8, 4) is 0 Å². The van der Waals surface area contributed by atoms with E-state index in [4.69, 9.17) is 0 Å². The van der Waals surface area contributed by atoms with Crippen LogP contribution in [-0.2, 0) is 5.41 Å². The SMILES string of the molecule is CC(C)(C)SSc1ccccc1C(C)(C)C(C)(C)C. The van der Waals surface area contributed by atoms with Crippen molar-refractivity contribution in [3.05, 3.63) is 29.8 Å². The van der Waals surface area contributed by atoms with E-state index in [0.717, 1.165) is 0 Å². The van der Waals surface area contributed by atoms with E-state index in [1.165, 1.54) is 10.5 Å². The molecule has 0 saturated carbocycles. The van der Waals surface area contributed by atoms with Gasteiger partial charge in [0.25, 0.3) is 0 Å². The minimum atomic E-state index is 0.162. The van der Waals surface area contributed by atoms with E-state index < -0.39 is 0 Å². The molecule has 0 fully saturated rings. The van der Waals surface area contributed by atoms with Crippen molar-refractivity contribution in [2.45, 2.75) is 70.4 Å². The van der Waals surface area contributed by atoms with E-state index >= 15 is 0 Å². The average molecular weight is 297 g/mol. The number of hydrogen-bond donors (Lipinski definition) is 0. The van der Waals surface area contributed by atoms with Gasteiger partial charge in [-0.25, -0.2) is 0 Å². The molecule has 0 amide bonds. The maximum Gasteiger partial charge on any atom is 0.0220 e. The van der Waals surface area contributed by atoms with Gasteiger partial charge in [0.1, 0.15) is 0 Å². The Balaban J connectivity index is 3.09. The molecule has 19 heavy (non-hydrogen) atoms. The van der Waals surface area contributed by atoms with Gasteiger partial charge in [-0.1, -0.05) is 95.2 Å². The Morgan fingerprint density at radius 2 is 1.32 bits per heavy atom. The zero-order valence-corrected chi connectivity index (χ0v) is 15.3. The first-order valence-electron chi connectivity index (χ1n) is 6.90. The lowest BCUT2D eigenvalue weighted by atomic mass is 9.65. The summed E-state index contributed by atoms with van der Waals surface area (Å²) in [6.45, 7) is 18.5. The molecule has 0 spiro atoms. The van der Waals surface area contributed by atoms with Crippen molar-refractivity contribution in [1.82, 2.24) is 0 Å². The summed E-state index contributed by atoms with van der Waals surface area (Å²) in [5.41, 5.74) is 1.87. The minimum Gasteiger partial charge on any atom is -0.0830 e. The second kappa shape index (κ2) is 5.73. The Hall–Kier alpha value is -0.0800. The van der Waals surface area contributed by atoms with Gasteiger partial charge < -0.3 is 0 Å². The molecule has 0 nitrogen and oxygen atoms in total. The zero-order valence-electron chi connectivity index (χ0n) is 13.6. The van der Waals surface area contributed by atoms with E-state index in [0.29, 0.717) is 0 Å². The molecule has 0 aliphatic heterocycles. The fourth-order valence-corrected chi connectivity index (χ4v) is 3.97. The second-order valence-electron chi connectivity index (χ2n) is 7.65. The largest absolute Gasteiger partial charge is 0.0830 e. The van der Waals surface area contributed by atoms with Gasteiger partial charge in [0.2, 0.25) is 0 Å². The van der Waals surface area contributed by atoms with Crippen LogP contribution in [0.1, 0.15) is 61.0 Å². The Morgan fingerprint density at radius 3 is 1.79 bits per heavy atom. The van der Waals surface area contributed by atoms with Crippen LogP contribution >= 0.6 is 21.6 Å². The third-order valence-corrected chi connectivity index (χ3v) is 7.22. The predicted octanol–water partition coefficient (Wildman–Crippen LogP) is 6.55. The molecule has 0 radical (unpaired) electrons. The molecule has 0 atom stereocenters. The van der Waals surface area contributed by atoms with E-state index in [-0.39, 0.29) is 15.6 Å². The minimum absolute atomic E-state index is 0.162. The Kier molecular flexibility index (Phi) is 5.12. The molecule has 0 aliphatic carbocycles. The van der Waals surface area contributed by atoms with Crippen molar-refractivity contribution in [2.24, 2.45) is 5.41 Å². The van der Waals surface area contributed by atoms with Gasteiger partial charge in [-0.15, -0.1) is 0 Å². The van der Waals surface area contributed by atoms with E-state index in [2.05, 4.69) is 79.7 Å². The van der Waals surface area contributed by atoms with Crippen LogP contribution in [0.15, 0.2) is 29.2 Å². The van der Waals surface area contributed by atoms with Gasteiger partial charge >= 0.3 is 0 Å². The van der Waals surface area contributed by atoms with Crippen LogP contribution in [0.25, 0.3) is 0 Å². The van der Waals surface area contributed by atoms with Crippen LogP contribution in [0.5, 0.6) is 0 Å². The number of benzene rings is 1. The standard InChI is InChI=1S/C17H28S2/c1-15(2,3)17(7,8)13-11-9-10-12-14(13)18-19-16(4,5)6/h9-12H,1-8H3. The summed E-state index contributed by atoms with van der Waals surface area (Å²) in [6, 6.07) is 8.85. The molecule has 108 valence electrons. The third kappa shape index (κ3) is 4.46. The fourth-order valence-electron chi connectivity index (χ4n) is 1.63. The summed E-state index contributed by atoms with van der Waals surface area (Å²) in [7, 11) is 3.86. The summed E-state index contributed by atoms with van der Waals surface area (Å²) < 4.78 is 0.281. The first-order valence-corrected chi connectivity index (χ1v) is 9.05. The average Bonchev–Trinajstić information content (AvgIpc) is 2.24. The molecule has 0 heterocycles. The highest BCUT2D eigenvalue weighted by Crippen LogP contribution is 2.48. The van der Waals surface area contributed by atoms with Gasteiger partial charge in [0, 0.05) is 9.64 Å². The highest BCUT2D eigenvalue weighted by molar-refractivity contribution is 8.77. The van der Waals surface area contributed by atoms with Crippen LogP contribution in [0.3, 0.4) is 0 Å². The van der Waals surface area contributed by atoms with Crippen molar-refractivity contribution in [2.75, 3.05) is 0 Å². The first-order chi connectivity index (χ1) is 8.45. The number of hydrogen-bond acceptors (Lipinski definition) is 2. The van der Waals surface area contributed by atoms with Crippen molar-refractivity contribution in [3.63, 3.8) is 0 Å². The zero-order chi connectivity index (χ0) is 14.9. The topological polar surface area (TPSA) is 0 Å². The lowest BCUT2D eigenvalue weighted by molar-refractivity contribution is 0.222. The van der Waals surface area contributed by atoms with Gasteiger partial charge in [0.15, 0.2) is 0 Å². The normalized spacial score (nSPS) is 13.7. The van der Waals surface area contributed by atoms with Gasteiger partial charge in [0.05, 0.1) is 0 Å². The summed E-state index contributed by atoms with van der Waals surface area (Å²) in [4.78, 5) is 1.40. The lowest BCUT2D eigenvalue weighted by Crippen LogP contribution is -2.34. The molecule has 1 aromatic carbocycles. The molecule has 1 rings (SSSR count). The third-order valence-electron chi connectivity index (χ3n) is 3.82. The molecule has 0 bridgehead atoms. The highest BCUT2D eigenvalue weighted by Gasteiger charge is 2.36. The van der Waals surface area contributed by atoms with E-state index in [1.807, 2.05) is 21.6 Å². The summed E-state index contributed by atoms with van der Waals surface area (Å²) in [6.07, 6.45) is 0. The monoisotopic (exact) mass is 296 g/mol. The van der Waals surface area contributed by atoms with E-state index in [9.17, 15) is 0 Å². The fraction of sp³-hybridized carbons (Fsp3) is 0.647. The van der Waals surface area contributed by atoms with Gasteiger partial charge in [-0.05, 0) is 22.5 Å². The van der Waals surface area contributed by atoms with Crippen molar-refractivity contribution in [1.29, 1.82) is 0 Å². The molecular weight excluding hydrogens is 268 g/mol. The van der Waals surface area contributed by atoms with Crippen LogP contribution in [0, 0.1) is 5.41 Å². The highest BCUT2D eigenvalue weighted by atomic mass is 33.1. The molecular formula is C17H28S2. The quantitative estimate of drug-likeness (QED) is 0.580. The molecule has 0 N–H and O–H groups in total. The molecule has 2 heteroatoms. The van der Waals surface area contributed by atoms with Crippen molar-refractivity contribution < 1.29 is 0 Å². The maximum atomic E-state index is 2.36. The van der Waals surface area contributed by atoms with E-state index in [1.54, 1.807) is 0 Å². The van der Waals surface area contributed by atoms with Gasteiger partial charge in [-0.2, -0.15) is 0 Å². The smallest absolute Gasteiger partial charge is 0.0220 e. The van der Waals surface area contributed by atoms with Gasteiger partial charge in [-0.3, -0.25) is 0 Å². The Labute approximate surface area is 127 Å². The maximum absolute atomic E-state index is 2.36.